The van der Waals surface area contributed by atoms with Crippen molar-refractivity contribution in [1.29, 1.82) is 0 Å². The van der Waals surface area contributed by atoms with Gasteiger partial charge in [-0.3, -0.25) is 0 Å². The summed E-state index contributed by atoms with van der Waals surface area (Å²) in [5.74, 6) is 2.60. The van der Waals surface area contributed by atoms with Crippen molar-refractivity contribution < 1.29 is 9.47 Å². The Morgan fingerprint density at radius 2 is 2.07 bits per heavy atom. The lowest BCUT2D eigenvalue weighted by Gasteiger charge is -2.25. The largest absolute Gasteiger partial charge is 0.496 e. The summed E-state index contributed by atoms with van der Waals surface area (Å²) in [5, 5.41) is 8.32. The summed E-state index contributed by atoms with van der Waals surface area (Å²) in [6, 6.07) is 10.3. The number of aromatic nitrogens is 3. The Labute approximate surface area is 165 Å². The highest BCUT2D eigenvalue weighted by molar-refractivity contribution is 5.49. The minimum absolute atomic E-state index is 0.272. The summed E-state index contributed by atoms with van der Waals surface area (Å²) >= 11 is 0. The van der Waals surface area contributed by atoms with Crippen LogP contribution in [0.3, 0.4) is 0 Å². The average molecular weight is 378 g/mol. The lowest BCUT2D eigenvalue weighted by molar-refractivity contribution is 0.381. The van der Waals surface area contributed by atoms with E-state index in [1.54, 1.807) is 20.4 Å². The highest BCUT2D eigenvalue weighted by Gasteiger charge is 2.25. The minimum Gasteiger partial charge on any atom is -0.496 e. The first-order valence-electron chi connectivity index (χ1n) is 9.65. The van der Waals surface area contributed by atoms with Gasteiger partial charge in [0.05, 0.1) is 26.1 Å². The molecule has 1 N–H and O–H groups in total. The van der Waals surface area contributed by atoms with Gasteiger partial charge >= 0.3 is 0 Å². The Hall–Kier alpha value is -2.86. The summed E-state index contributed by atoms with van der Waals surface area (Å²) in [7, 11) is 3.39. The first kappa shape index (κ1) is 18.5. The number of methoxy groups -OCH3 is 2. The number of ether oxygens (including phenoxy) is 2. The van der Waals surface area contributed by atoms with Crippen LogP contribution in [-0.2, 0) is 13.0 Å². The quantitative estimate of drug-likeness (QED) is 0.708. The second kappa shape index (κ2) is 8.02. The molecule has 0 spiro atoms. The van der Waals surface area contributed by atoms with Gasteiger partial charge in [-0.05, 0) is 44.4 Å². The molecule has 1 atom stereocenters. The SMILES string of the molecule is COc1ccc(CNC2CCCc3c2cnn3-c2ccccn2)c(OC)c1C. The highest BCUT2D eigenvalue weighted by atomic mass is 16.5. The van der Waals surface area contributed by atoms with Crippen LogP contribution in [0.5, 0.6) is 11.5 Å². The van der Waals surface area contributed by atoms with E-state index in [4.69, 9.17) is 9.47 Å². The maximum Gasteiger partial charge on any atom is 0.153 e. The third-order valence-corrected chi connectivity index (χ3v) is 5.45. The first-order chi connectivity index (χ1) is 13.7. The predicted molar refractivity (Wildman–Crippen MR) is 108 cm³/mol. The second-order valence-corrected chi connectivity index (χ2v) is 7.06. The summed E-state index contributed by atoms with van der Waals surface area (Å²) in [5.41, 5.74) is 4.67. The van der Waals surface area contributed by atoms with Gasteiger partial charge in [0.2, 0.25) is 0 Å². The Morgan fingerprint density at radius 1 is 1.18 bits per heavy atom. The number of nitrogens with zero attached hydrogens (tertiary/aromatic N) is 3. The Kier molecular flexibility index (Phi) is 5.30. The molecule has 0 aliphatic heterocycles. The molecule has 28 heavy (non-hydrogen) atoms. The predicted octanol–water partition coefficient (Wildman–Crippen LogP) is 3.76. The van der Waals surface area contributed by atoms with Crippen LogP contribution in [0.25, 0.3) is 5.82 Å². The molecule has 3 aromatic rings. The highest BCUT2D eigenvalue weighted by Crippen LogP contribution is 2.34. The number of rotatable bonds is 6. The zero-order valence-electron chi connectivity index (χ0n) is 16.6. The second-order valence-electron chi connectivity index (χ2n) is 7.06. The van der Waals surface area contributed by atoms with Crippen LogP contribution >= 0.6 is 0 Å². The van der Waals surface area contributed by atoms with Crippen molar-refractivity contribution in [3.05, 3.63) is 65.1 Å². The van der Waals surface area contributed by atoms with Gasteiger partial charge in [-0.1, -0.05) is 12.1 Å². The molecule has 1 unspecified atom stereocenters. The molecule has 0 bridgehead atoms. The summed E-state index contributed by atoms with van der Waals surface area (Å²) in [6.45, 7) is 2.75. The molecule has 0 amide bonds. The lowest BCUT2D eigenvalue weighted by Crippen LogP contribution is -2.25. The van der Waals surface area contributed by atoms with E-state index in [2.05, 4.69) is 21.5 Å². The van der Waals surface area contributed by atoms with E-state index in [1.807, 2.05) is 42.1 Å². The van der Waals surface area contributed by atoms with Crippen molar-refractivity contribution in [3.63, 3.8) is 0 Å². The van der Waals surface area contributed by atoms with E-state index in [0.717, 1.165) is 54.3 Å². The Balaban J connectivity index is 1.56. The zero-order chi connectivity index (χ0) is 19.5. The molecule has 0 fully saturated rings. The van der Waals surface area contributed by atoms with Crippen molar-refractivity contribution in [1.82, 2.24) is 20.1 Å². The molecule has 1 aliphatic rings. The smallest absolute Gasteiger partial charge is 0.153 e. The van der Waals surface area contributed by atoms with E-state index in [1.165, 1.54) is 11.3 Å². The van der Waals surface area contributed by atoms with E-state index >= 15 is 0 Å². The van der Waals surface area contributed by atoms with Crippen molar-refractivity contribution in [2.24, 2.45) is 0 Å². The maximum atomic E-state index is 5.65. The fourth-order valence-corrected chi connectivity index (χ4v) is 4.05. The van der Waals surface area contributed by atoms with Gasteiger partial charge < -0.3 is 14.8 Å². The van der Waals surface area contributed by atoms with E-state index < -0.39 is 0 Å². The summed E-state index contributed by atoms with van der Waals surface area (Å²) < 4.78 is 13.0. The summed E-state index contributed by atoms with van der Waals surface area (Å²) in [6.07, 6.45) is 7.03. The molecule has 2 heterocycles. The average Bonchev–Trinajstić information content (AvgIpc) is 3.17. The Morgan fingerprint density at radius 3 is 2.82 bits per heavy atom. The van der Waals surface area contributed by atoms with Crippen molar-refractivity contribution in [2.75, 3.05) is 14.2 Å². The number of nitrogens with one attached hydrogen (secondary N) is 1. The van der Waals surface area contributed by atoms with E-state index in [0.29, 0.717) is 0 Å². The van der Waals surface area contributed by atoms with Gasteiger partial charge in [-0.2, -0.15) is 5.10 Å². The normalized spacial score (nSPS) is 15.9. The number of benzene rings is 1. The van der Waals surface area contributed by atoms with Gasteiger partial charge in [0, 0.05) is 35.5 Å². The van der Waals surface area contributed by atoms with Gasteiger partial charge in [0.15, 0.2) is 5.82 Å². The molecule has 1 aromatic carbocycles. The number of fused-ring (bicyclic) bond motifs is 1. The molecule has 1 aliphatic carbocycles. The molecule has 4 rings (SSSR count). The molecular weight excluding hydrogens is 352 g/mol. The molecule has 6 nitrogen and oxygen atoms in total. The first-order valence-corrected chi connectivity index (χ1v) is 9.65. The van der Waals surface area contributed by atoms with Crippen molar-refractivity contribution >= 4 is 0 Å². The van der Waals surface area contributed by atoms with Crippen LogP contribution in [0.4, 0.5) is 0 Å². The summed E-state index contributed by atoms with van der Waals surface area (Å²) in [4.78, 5) is 4.45. The molecular formula is C22H26N4O2. The fraction of sp³-hybridized carbons (Fsp3) is 0.364. The van der Waals surface area contributed by atoms with Gasteiger partial charge in [-0.15, -0.1) is 0 Å². The number of hydrogen-bond acceptors (Lipinski definition) is 5. The van der Waals surface area contributed by atoms with Gasteiger partial charge in [-0.25, -0.2) is 9.67 Å². The van der Waals surface area contributed by atoms with Crippen LogP contribution < -0.4 is 14.8 Å². The van der Waals surface area contributed by atoms with Crippen molar-refractivity contribution in [3.8, 4) is 17.3 Å². The van der Waals surface area contributed by atoms with Crippen LogP contribution in [0, 0.1) is 6.92 Å². The van der Waals surface area contributed by atoms with Gasteiger partial charge in [0.1, 0.15) is 11.5 Å². The molecule has 0 saturated heterocycles. The van der Waals surface area contributed by atoms with Crippen LogP contribution in [0.1, 0.15) is 41.3 Å². The zero-order valence-corrected chi connectivity index (χ0v) is 16.6. The third-order valence-electron chi connectivity index (χ3n) is 5.45. The van der Waals surface area contributed by atoms with Crippen LogP contribution in [-0.4, -0.2) is 29.0 Å². The number of hydrogen-bond donors (Lipinski definition) is 1. The van der Waals surface area contributed by atoms with Crippen LogP contribution in [0.2, 0.25) is 0 Å². The van der Waals surface area contributed by atoms with Crippen LogP contribution in [0.15, 0.2) is 42.7 Å². The Bertz CT molecular complexity index is 953. The molecule has 2 aromatic heterocycles. The standard InChI is InChI=1S/C22H26N4O2/c1-15-20(27-2)11-10-16(22(15)28-3)13-24-18-7-6-8-19-17(18)14-25-26(19)21-9-4-5-12-23-21/h4-5,9-12,14,18,24H,6-8,13H2,1-3H3. The van der Waals surface area contributed by atoms with Gasteiger partial charge in [0.25, 0.3) is 0 Å². The fourth-order valence-electron chi connectivity index (χ4n) is 4.05. The van der Waals surface area contributed by atoms with Crippen molar-refractivity contribution in [2.45, 2.75) is 38.8 Å². The maximum absolute atomic E-state index is 5.65. The minimum atomic E-state index is 0.272. The monoisotopic (exact) mass is 378 g/mol. The van der Waals surface area contributed by atoms with E-state index in [-0.39, 0.29) is 6.04 Å². The molecule has 146 valence electrons. The third kappa shape index (κ3) is 3.36. The number of pyridine rings is 1. The molecule has 0 saturated carbocycles. The van der Waals surface area contributed by atoms with E-state index in [9.17, 15) is 0 Å². The lowest BCUT2D eigenvalue weighted by atomic mass is 9.92. The topological polar surface area (TPSA) is 61.2 Å². The molecule has 0 radical (unpaired) electrons. The molecule has 6 heteroatoms.